The van der Waals surface area contributed by atoms with Gasteiger partial charge in [-0.05, 0) is 13.0 Å². The van der Waals surface area contributed by atoms with Crippen molar-refractivity contribution in [1.82, 2.24) is 9.55 Å². The molecule has 0 aromatic carbocycles. The molecule has 0 aliphatic rings. The van der Waals surface area contributed by atoms with Gasteiger partial charge in [-0.3, -0.25) is 4.57 Å². The van der Waals surface area contributed by atoms with Crippen molar-refractivity contribution >= 4 is 17.1 Å². The smallest absolute Gasteiger partial charge is 0.324 e. The highest BCUT2D eigenvalue weighted by Crippen LogP contribution is 2.18. The van der Waals surface area contributed by atoms with Gasteiger partial charge in [0.15, 0.2) is 5.65 Å². The normalized spacial score (nSPS) is 10.7. The maximum Gasteiger partial charge on any atom is 0.324 e. The molecular weight excluding hydrogens is 185 g/mol. The number of hydrogen-bond donors (Lipinski definition) is 1. The van der Waals surface area contributed by atoms with Crippen molar-refractivity contribution in [2.24, 2.45) is 5.73 Å². The fraction of sp³-hybridized carbons (Fsp3) is 0.111. The lowest BCUT2D eigenvalue weighted by molar-refractivity contribution is 0.251. The third-order valence-corrected chi connectivity index (χ3v) is 2.06. The summed E-state index contributed by atoms with van der Waals surface area (Å²) in [6.45, 7) is 1.61. The second-order valence-electron chi connectivity index (χ2n) is 3.02. The molecule has 14 heavy (non-hydrogen) atoms. The Morgan fingerprint density at radius 3 is 3.00 bits per heavy atom. The Morgan fingerprint density at radius 1 is 1.64 bits per heavy atom. The summed E-state index contributed by atoms with van der Waals surface area (Å²) in [5.41, 5.74) is 5.77. The number of aromatic nitrogens is 2. The summed E-state index contributed by atoms with van der Waals surface area (Å²) in [4.78, 5) is 14.8. The zero-order chi connectivity index (χ0) is 10.3. The number of carbonyl (C=O) groups is 1. The predicted molar refractivity (Wildman–Crippen MR) is 49.4 cm³/mol. The van der Waals surface area contributed by atoms with Crippen LogP contribution in [0.2, 0.25) is 0 Å². The number of carbonyl (C=O) groups excluding carboxylic acids is 1. The van der Waals surface area contributed by atoms with Crippen molar-refractivity contribution in [2.45, 2.75) is 6.92 Å². The van der Waals surface area contributed by atoms with Crippen molar-refractivity contribution in [3.8, 4) is 0 Å². The van der Waals surface area contributed by atoms with Gasteiger partial charge in [0.1, 0.15) is 5.82 Å². The van der Waals surface area contributed by atoms with Gasteiger partial charge in [-0.2, -0.15) is 0 Å². The van der Waals surface area contributed by atoms with E-state index in [-0.39, 0.29) is 11.5 Å². The Labute approximate surface area is 79.1 Å². The predicted octanol–water partition coefficient (Wildman–Crippen LogP) is 1.41. The van der Waals surface area contributed by atoms with Crippen LogP contribution < -0.4 is 5.73 Å². The fourth-order valence-corrected chi connectivity index (χ4v) is 1.33. The molecule has 0 bridgehead atoms. The van der Waals surface area contributed by atoms with Gasteiger partial charge >= 0.3 is 6.03 Å². The van der Waals surface area contributed by atoms with Crippen molar-refractivity contribution in [3.05, 3.63) is 29.8 Å². The van der Waals surface area contributed by atoms with Crippen molar-refractivity contribution in [1.29, 1.82) is 0 Å². The molecule has 0 spiro atoms. The van der Waals surface area contributed by atoms with Crippen molar-refractivity contribution in [3.63, 3.8) is 0 Å². The molecule has 0 aliphatic heterocycles. The highest BCUT2D eigenvalue weighted by molar-refractivity contribution is 5.89. The van der Waals surface area contributed by atoms with Gasteiger partial charge in [0.2, 0.25) is 0 Å². The van der Waals surface area contributed by atoms with Crippen molar-refractivity contribution < 1.29 is 9.18 Å². The van der Waals surface area contributed by atoms with E-state index in [0.717, 1.165) is 4.57 Å². The van der Waals surface area contributed by atoms with Gasteiger partial charge in [0.25, 0.3) is 0 Å². The molecule has 0 aliphatic carbocycles. The lowest BCUT2D eigenvalue weighted by Gasteiger charge is -1.99. The molecule has 0 atom stereocenters. The lowest BCUT2D eigenvalue weighted by atomic mass is 10.2. The molecule has 0 fully saturated rings. The second-order valence-corrected chi connectivity index (χ2v) is 3.02. The number of fused-ring (bicyclic) bond motifs is 1. The third-order valence-electron chi connectivity index (χ3n) is 2.06. The minimum absolute atomic E-state index is 0.251. The number of nitrogens with two attached hydrogens (primary N) is 1. The fourth-order valence-electron chi connectivity index (χ4n) is 1.33. The Hall–Kier alpha value is -1.91. The molecule has 2 N–H and O–H groups in total. The highest BCUT2D eigenvalue weighted by atomic mass is 19.1. The number of nitrogens with zero attached hydrogens (tertiary/aromatic N) is 2. The van der Waals surface area contributed by atoms with Crippen LogP contribution in [0.5, 0.6) is 0 Å². The zero-order valence-electron chi connectivity index (χ0n) is 7.49. The molecule has 0 saturated carbocycles. The van der Waals surface area contributed by atoms with Gasteiger partial charge in [-0.25, -0.2) is 14.2 Å². The number of amides is 1. The van der Waals surface area contributed by atoms with E-state index >= 15 is 0 Å². The van der Waals surface area contributed by atoms with E-state index in [0.29, 0.717) is 10.9 Å². The maximum atomic E-state index is 13.5. The van der Waals surface area contributed by atoms with Crippen LogP contribution in [0.3, 0.4) is 0 Å². The number of rotatable bonds is 0. The van der Waals surface area contributed by atoms with Gasteiger partial charge in [0, 0.05) is 18.0 Å². The Bertz CT molecular complexity index is 518. The van der Waals surface area contributed by atoms with E-state index in [4.69, 9.17) is 5.73 Å². The first-order valence-corrected chi connectivity index (χ1v) is 4.03. The highest BCUT2D eigenvalue weighted by Gasteiger charge is 2.11. The number of pyridine rings is 1. The molecule has 0 unspecified atom stereocenters. The van der Waals surface area contributed by atoms with Crippen LogP contribution in [0.4, 0.5) is 9.18 Å². The molecule has 2 rings (SSSR count). The van der Waals surface area contributed by atoms with E-state index in [1.165, 1.54) is 18.5 Å². The average molecular weight is 193 g/mol. The second kappa shape index (κ2) is 2.80. The minimum Gasteiger partial charge on any atom is -0.351 e. The molecule has 2 aromatic rings. The van der Waals surface area contributed by atoms with Crippen LogP contribution in [0.15, 0.2) is 18.5 Å². The van der Waals surface area contributed by atoms with Crippen LogP contribution in [0.1, 0.15) is 5.56 Å². The monoisotopic (exact) mass is 193 g/mol. The Balaban J connectivity index is 2.83. The Morgan fingerprint density at radius 2 is 2.36 bits per heavy atom. The maximum absolute atomic E-state index is 13.5. The van der Waals surface area contributed by atoms with Gasteiger partial charge in [0.05, 0.1) is 5.39 Å². The summed E-state index contributed by atoms with van der Waals surface area (Å²) < 4.78 is 14.6. The van der Waals surface area contributed by atoms with Gasteiger partial charge in [-0.1, -0.05) is 0 Å². The SMILES string of the molecule is Cc1cnc2c(ccn2C(N)=O)c1F. The summed E-state index contributed by atoms with van der Waals surface area (Å²) >= 11 is 0. The number of aryl methyl sites for hydroxylation is 1. The van der Waals surface area contributed by atoms with Crippen LogP contribution in [0, 0.1) is 12.7 Å². The first kappa shape index (κ1) is 8.68. The van der Waals surface area contributed by atoms with Gasteiger partial charge < -0.3 is 5.73 Å². The number of halogens is 1. The van der Waals surface area contributed by atoms with Crippen LogP contribution >= 0.6 is 0 Å². The quantitative estimate of drug-likeness (QED) is 0.687. The van der Waals surface area contributed by atoms with E-state index in [1.54, 1.807) is 6.92 Å². The summed E-state index contributed by atoms with van der Waals surface area (Å²) in [6.07, 6.45) is 2.78. The standard InChI is InChI=1S/C9H8FN3O/c1-5-4-12-8-6(7(5)10)2-3-13(8)9(11)14/h2-4H,1H3,(H2,11,14). The Kier molecular flexibility index (Phi) is 1.73. The summed E-state index contributed by atoms with van der Waals surface area (Å²) in [5, 5.41) is 0.309. The van der Waals surface area contributed by atoms with Crippen LogP contribution in [0.25, 0.3) is 11.0 Å². The molecule has 2 heterocycles. The molecule has 1 amide bonds. The first-order valence-electron chi connectivity index (χ1n) is 4.03. The molecule has 72 valence electrons. The molecule has 2 aromatic heterocycles. The molecular formula is C9H8FN3O. The van der Waals surface area contributed by atoms with Crippen LogP contribution in [-0.4, -0.2) is 15.6 Å². The third kappa shape index (κ3) is 1.06. The van der Waals surface area contributed by atoms with E-state index < -0.39 is 6.03 Å². The first-order chi connectivity index (χ1) is 6.61. The van der Waals surface area contributed by atoms with E-state index in [2.05, 4.69) is 4.98 Å². The molecule has 5 heteroatoms. The number of hydrogen-bond acceptors (Lipinski definition) is 2. The largest absolute Gasteiger partial charge is 0.351 e. The van der Waals surface area contributed by atoms with E-state index in [1.807, 2.05) is 0 Å². The molecule has 0 saturated heterocycles. The van der Waals surface area contributed by atoms with Crippen LogP contribution in [-0.2, 0) is 0 Å². The topological polar surface area (TPSA) is 60.9 Å². The summed E-state index contributed by atoms with van der Waals surface area (Å²) in [6, 6.07) is 0.811. The average Bonchev–Trinajstić information content (AvgIpc) is 2.55. The van der Waals surface area contributed by atoms with E-state index in [9.17, 15) is 9.18 Å². The minimum atomic E-state index is -0.671. The number of primary amides is 1. The molecule has 0 radical (unpaired) electrons. The summed E-state index contributed by atoms with van der Waals surface area (Å²) in [7, 11) is 0. The lowest BCUT2D eigenvalue weighted by Crippen LogP contribution is -2.18. The zero-order valence-corrected chi connectivity index (χ0v) is 7.49. The van der Waals surface area contributed by atoms with Gasteiger partial charge in [-0.15, -0.1) is 0 Å². The van der Waals surface area contributed by atoms with Crippen molar-refractivity contribution in [2.75, 3.05) is 0 Å². The molecule has 4 nitrogen and oxygen atoms in total. The summed E-state index contributed by atoms with van der Waals surface area (Å²) in [5.74, 6) is -0.366.